The van der Waals surface area contributed by atoms with Gasteiger partial charge in [0.15, 0.2) is 0 Å². The number of likely N-dealkylation sites (tertiary alicyclic amines) is 1. The van der Waals surface area contributed by atoms with Crippen molar-refractivity contribution in [2.24, 2.45) is 0 Å². The molecule has 0 aliphatic carbocycles. The number of rotatable bonds is 6. The van der Waals surface area contributed by atoms with E-state index in [0.717, 1.165) is 38.0 Å². The van der Waals surface area contributed by atoms with Crippen molar-refractivity contribution in [3.05, 3.63) is 48.3 Å². The van der Waals surface area contributed by atoms with E-state index in [9.17, 15) is 8.42 Å². The van der Waals surface area contributed by atoms with E-state index in [-0.39, 0.29) is 10.9 Å². The summed E-state index contributed by atoms with van der Waals surface area (Å²) in [6, 6.07) is 9.96. The van der Waals surface area contributed by atoms with Crippen LogP contribution in [0.5, 0.6) is 0 Å². The van der Waals surface area contributed by atoms with E-state index in [0.29, 0.717) is 6.54 Å². The van der Waals surface area contributed by atoms with Gasteiger partial charge in [-0.15, -0.1) is 0 Å². The lowest BCUT2D eigenvalue weighted by Gasteiger charge is -2.35. The number of sulfonamides is 1. The molecular weight excluding hydrogens is 336 g/mol. The molecule has 3 rings (SSSR count). The second-order valence-corrected chi connectivity index (χ2v) is 8.54. The Morgan fingerprint density at radius 1 is 1.20 bits per heavy atom. The molecule has 0 N–H and O–H groups in total. The Hall–Kier alpha value is -1.70. The highest BCUT2D eigenvalue weighted by Gasteiger charge is 2.31. The first-order chi connectivity index (χ1) is 12.0. The number of hydrogen-bond acceptors (Lipinski definition) is 4. The second kappa shape index (κ2) is 7.68. The Morgan fingerprint density at radius 3 is 2.52 bits per heavy atom. The van der Waals surface area contributed by atoms with Crippen molar-refractivity contribution in [3.63, 3.8) is 0 Å². The van der Waals surface area contributed by atoms with Gasteiger partial charge in [0.2, 0.25) is 10.0 Å². The van der Waals surface area contributed by atoms with Crippen LogP contribution in [-0.4, -0.2) is 60.1 Å². The molecule has 0 spiro atoms. The average molecular weight is 362 g/mol. The molecule has 2 heterocycles. The van der Waals surface area contributed by atoms with Crippen molar-refractivity contribution in [1.29, 1.82) is 0 Å². The van der Waals surface area contributed by atoms with Crippen molar-refractivity contribution < 1.29 is 8.42 Å². The van der Waals surface area contributed by atoms with Crippen LogP contribution in [-0.2, 0) is 16.6 Å². The van der Waals surface area contributed by atoms with Crippen LogP contribution in [0.4, 0.5) is 0 Å². The van der Waals surface area contributed by atoms with Crippen LogP contribution in [0.15, 0.2) is 47.6 Å². The van der Waals surface area contributed by atoms with Gasteiger partial charge in [-0.25, -0.2) is 8.42 Å². The zero-order valence-electron chi connectivity index (χ0n) is 14.9. The van der Waals surface area contributed by atoms with Gasteiger partial charge in [-0.2, -0.15) is 9.40 Å². The molecule has 25 heavy (non-hydrogen) atoms. The van der Waals surface area contributed by atoms with Crippen molar-refractivity contribution >= 4 is 10.0 Å². The predicted octanol–water partition coefficient (Wildman–Crippen LogP) is 2.04. The lowest BCUT2D eigenvalue weighted by Crippen LogP contribution is -2.45. The topological polar surface area (TPSA) is 58.4 Å². The predicted molar refractivity (Wildman–Crippen MR) is 97.9 cm³/mol. The van der Waals surface area contributed by atoms with E-state index < -0.39 is 10.0 Å². The Kier molecular flexibility index (Phi) is 5.56. The van der Waals surface area contributed by atoms with E-state index in [4.69, 9.17) is 0 Å². The largest absolute Gasteiger partial charge is 0.303 e. The van der Waals surface area contributed by atoms with Gasteiger partial charge in [0.05, 0.1) is 12.7 Å². The minimum Gasteiger partial charge on any atom is -0.303 e. The van der Waals surface area contributed by atoms with Crippen LogP contribution < -0.4 is 0 Å². The Labute approximate surface area is 150 Å². The van der Waals surface area contributed by atoms with Crippen molar-refractivity contribution in [2.45, 2.75) is 37.2 Å². The van der Waals surface area contributed by atoms with Crippen LogP contribution in [0, 0.1) is 0 Å². The first-order valence-corrected chi connectivity index (χ1v) is 10.2. The molecule has 0 saturated carbocycles. The van der Waals surface area contributed by atoms with E-state index in [1.165, 1.54) is 10.5 Å². The quantitative estimate of drug-likeness (QED) is 0.789. The molecule has 0 unspecified atom stereocenters. The standard InChI is InChI=1S/C18H26N4O2S/c1-3-21-11-9-17(10-12-21)20(2)25(23,24)18-13-19-22(15-18)14-16-7-5-4-6-8-16/h4-8,13,15,17H,3,9-12,14H2,1-2H3. The molecule has 1 aliphatic heterocycles. The van der Waals surface area contributed by atoms with Gasteiger partial charge in [0, 0.05) is 19.3 Å². The third-order valence-electron chi connectivity index (χ3n) is 4.99. The SMILES string of the molecule is CCN1CCC(N(C)S(=O)(=O)c2cnn(Cc3ccccc3)c2)CC1. The number of benzene rings is 1. The molecule has 1 aliphatic rings. The molecule has 6 nitrogen and oxygen atoms in total. The number of nitrogens with zero attached hydrogens (tertiary/aromatic N) is 4. The van der Waals surface area contributed by atoms with E-state index in [1.807, 2.05) is 30.3 Å². The van der Waals surface area contributed by atoms with Crippen LogP contribution in [0.1, 0.15) is 25.3 Å². The fourth-order valence-corrected chi connectivity index (χ4v) is 4.67. The lowest BCUT2D eigenvalue weighted by molar-refractivity contribution is 0.176. The Bertz CT molecular complexity index is 780. The normalized spacial score (nSPS) is 17.2. The molecule has 2 aromatic rings. The molecule has 0 amide bonds. The highest BCUT2D eigenvalue weighted by Crippen LogP contribution is 2.22. The summed E-state index contributed by atoms with van der Waals surface area (Å²) in [4.78, 5) is 2.62. The van der Waals surface area contributed by atoms with Crippen molar-refractivity contribution in [1.82, 2.24) is 19.0 Å². The first kappa shape index (κ1) is 18.1. The van der Waals surface area contributed by atoms with Gasteiger partial charge in [0.1, 0.15) is 4.90 Å². The highest BCUT2D eigenvalue weighted by molar-refractivity contribution is 7.89. The van der Waals surface area contributed by atoms with Crippen LogP contribution in [0.2, 0.25) is 0 Å². The molecule has 0 bridgehead atoms. The molecule has 136 valence electrons. The number of hydrogen-bond donors (Lipinski definition) is 0. The maximum Gasteiger partial charge on any atom is 0.246 e. The first-order valence-electron chi connectivity index (χ1n) is 8.77. The Morgan fingerprint density at radius 2 is 1.88 bits per heavy atom. The summed E-state index contributed by atoms with van der Waals surface area (Å²) in [5.41, 5.74) is 1.09. The van der Waals surface area contributed by atoms with Crippen LogP contribution in [0.25, 0.3) is 0 Å². The van der Waals surface area contributed by atoms with Crippen LogP contribution in [0.3, 0.4) is 0 Å². The molecule has 7 heteroatoms. The minimum atomic E-state index is -3.50. The van der Waals surface area contributed by atoms with Gasteiger partial charge in [-0.05, 0) is 38.0 Å². The zero-order valence-corrected chi connectivity index (χ0v) is 15.7. The van der Waals surface area contributed by atoms with Gasteiger partial charge >= 0.3 is 0 Å². The average Bonchev–Trinajstić information content (AvgIpc) is 3.11. The number of piperidine rings is 1. The van der Waals surface area contributed by atoms with Gasteiger partial charge in [-0.1, -0.05) is 37.3 Å². The molecule has 0 atom stereocenters. The summed E-state index contributed by atoms with van der Waals surface area (Å²) in [5, 5.41) is 4.23. The lowest BCUT2D eigenvalue weighted by atomic mass is 10.1. The van der Waals surface area contributed by atoms with Gasteiger partial charge in [-0.3, -0.25) is 4.68 Å². The maximum atomic E-state index is 12.9. The van der Waals surface area contributed by atoms with E-state index in [2.05, 4.69) is 16.9 Å². The maximum absolute atomic E-state index is 12.9. The summed E-state index contributed by atoms with van der Waals surface area (Å²) in [5.74, 6) is 0. The molecular formula is C18H26N4O2S. The fraction of sp³-hybridized carbons (Fsp3) is 0.500. The molecule has 1 saturated heterocycles. The minimum absolute atomic E-state index is 0.0604. The van der Waals surface area contributed by atoms with Crippen molar-refractivity contribution in [3.8, 4) is 0 Å². The van der Waals surface area contributed by atoms with Gasteiger partial charge in [0.25, 0.3) is 0 Å². The number of aromatic nitrogens is 2. The second-order valence-electron chi connectivity index (χ2n) is 6.55. The summed E-state index contributed by atoms with van der Waals surface area (Å²) in [6.45, 7) is 5.63. The summed E-state index contributed by atoms with van der Waals surface area (Å²) in [6.07, 6.45) is 4.83. The van der Waals surface area contributed by atoms with Gasteiger partial charge < -0.3 is 4.90 Å². The highest BCUT2D eigenvalue weighted by atomic mass is 32.2. The summed E-state index contributed by atoms with van der Waals surface area (Å²) < 4.78 is 29.0. The van der Waals surface area contributed by atoms with Crippen molar-refractivity contribution in [2.75, 3.05) is 26.7 Å². The third-order valence-corrected chi connectivity index (χ3v) is 6.86. The fourth-order valence-electron chi connectivity index (χ4n) is 3.30. The smallest absolute Gasteiger partial charge is 0.246 e. The molecule has 0 radical (unpaired) electrons. The molecule has 1 aromatic heterocycles. The molecule has 1 aromatic carbocycles. The molecule has 1 fully saturated rings. The zero-order chi connectivity index (χ0) is 17.9. The Balaban J connectivity index is 1.70. The third kappa shape index (κ3) is 4.11. The monoisotopic (exact) mass is 362 g/mol. The van der Waals surface area contributed by atoms with Crippen LogP contribution >= 0.6 is 0 Å². The summed E-state index contributed by atoms with van der Waals surface area (Å²) in [7, 11) is -1.81. The van der Waals surface area contributed by atoms with E-state index in [1.54, 1.807) is 17.9 Å². The van der Waals surface area contributed by atoms with E-state index >= 15 is 0 Å². The summed E-state index contributed by atoms with van der Waals surface area (Å²) >= 11 is 0.